The van der Waals surface area contributed by atoms with Crippen molar-refractivity contribution >= 4 is 0 Å². The van der Waals surface area contributed by atoms with Crippen LogP contribution in [0, 0.1) is 41.4 Å². The van der Waals surface area contributed by atoms with Crippen LogP contribution in [0.3, 0.4) is 0 Å². The molecule has 0 aromatic rings. The fraction of sp³-hybridized carbons (Fsp3) is 0.846. The fourth-order valence-electron chi connectivity index (χ4n) is 3.99. The average Bonchev–Trinajstić information content (AvgIpc) is 2.64. The molecule has 0 heteroatoms. The highest BCUT2D eigenvalue weighted by molar-refractivity contribution is 5.13. The van der Waals surface area contributed by atoms with E-state index in [1.165, 1.54) is 37.7 Å². The smallest absolute Gasteiger partial charge is 0.0171 e. The number of unbranched alkanes of at least 4 members (excludes halogenated alkanes) is 1. The summed E-state index contributed by atoms with van der Waals surface area (Å²) in [6.07, 6.45) is 9.05. The van der Waals surface area contributed by atoms with Gasteiger partial charge >= 0.3 is 0 Å². The topological polar surface area (TPSA) is 0 Å². The van der Waals surface area contributed by atoms with E-state index < -0.39 is 0 Å². The number of rotatable bonds is 13. The first-order chi connectivity index (χ1) is 12.1. The summed E-state index contributed by atoms with van der Waals surface area (Å²) in [7, 11) is 0. The minimum absolute atomic E-state index is 0.580. The zero-order valence-corrected chi connectivity index (χ0v) is 19.9. The molecule has 0 aliphatic rings. The van der Waals surface area contributed by atoms with Crippen molar-refractivity contribution < 1.29 is 0 Å². The van der Waals surface area contributed by atoms with Crippen molar-refractivity contribution in [3.05, 3.63) is 23.8 Å². The van der Waals surface area contributed by atoms with Gasteiger partial charge in [-0.1, -0.05) is 99.5 Å². The molecule has 0 fully saturated rings. The molecule has 0 aromatic carbocycles. The van der Waals surface area contributed by atoms with E-state index in [0.29, 0.717) is 41.4 Å². The van der Waals surface area contributed by atoms with Crippen molar-refractivity contribution in [2.24, 2.45) is 41.4 Å². The molecule has 0 rings (SSSR count). The third-order valence-corrected chi connectivity index (χ3v) is 7.36. The first-order valence-corrected chi connectivity index (χ1v) is 11.5. The zero-order chi connectivity index (χ0) is 20.4. The number of hydrogen-bond acceptors (Lipinski definition) is 0. The van der Waals surface area contributed by atoms with Gasteiger partial charge in [-0.25, -0.2) is 0 Å². The maximum Gasteiger partial charge on any atom is -0.0171 e. The molecule has 154 valence electrons. The Hall–Kier alpha value is -0.520. The second-order valence-corrected chi connectivity index (χ2v) is 9.37. The minimum atomic E-state index is 0.580. The van der Waals surface area contributed by atoms with Crippen molar-refractivity contribution in [2.75, 3.05) is 0 Å². The van der Waals surface area contributed by atoms with Crippen LogP contribution in [-0.2, 0) is 0 Å². The quantitative estimate of drug-likeness (QED) is 0.287. The molecule has 6 atom stereocenters. The summed E-state index contributed by atoms with van der Waals surface area (Å²) < 4.78 is 0. The lowest BCUT2D eigenvalue weighted by atomic mass is 9.69. The van der Waals surface area contributed by atoms with Gasteiger partial charge in [-0.15, -0.1) is 0 Å². The van der Waals surface area contributed by atoms with Crippen molar-refractivity contribution in [3.63, 3.8) is 0 Å². The van der Waals surface area contributed by atoms with E-state index in [-0.39, 0.29) is 0 Å². The third kappa shape index (κ3) is 7.61. The Labute approximate surface area is 166 Å². The lowest BCUT2D eigenvalue weighted by Crippen LogP contribution is -2.28. The van der Waals surface area contributed by atoms with Gasteiger partial charge in [0, 0.05) is 0 Å². The van der Waals surface area contributed by atoms with Crippen LogP contribution in [0.15, 0.2) is 23.8 Å². The molecule has 0 saturated carbocycles. The largest absolute Gasteiger partial charge is 0.0993 e. The summed E-state index contributed by atoms with van der Waals surface area (Å²) in [5, 5.41) is 0. The summed E-state index contributed by atoms with van der Waals surface area (Å²) in [5.41, 5.74) is 3.16. The van der Waals surface area contributed by atoms with Crippen molar-refractivity contribution in [1.82, 2.24) is 0 Å². The lowest BCUT2D eigenvalue weighted by Gasteiger charge is -2.36. The molecule has 0 aromatic heterocycles. The Morgan fingerprint density at radius 3 is 1.77 bits per heavy atom. The van der Waals surface area contributed by atoms with E-state index in [9.17, 15) is 0 Å². The van der Waals surface area contributed by atoms with E-state index in [4.69, 9.17) is 0 Å². The molecule has 0 aliphatic carbocycles. The predicted octanol–water partition coefficient (Wildman–Crippen LogP) is 8.93. The highest BCUT2D eigenvalue weighted by Crippen LogP contribution is 2.39. The highest BCUT2D eigenvalue weighted by atomic mass is 14.4. The molecule has 0 heterocycles. The Morgan fingerprint density at radius 2 is 1.35 bits per heavy atom. The SMILES string of the molecule is C=C(C(C)CC)C(C)C(C)C(C=C(CCCC)C(C)CC)C(C)C(C)C. The van der Waals surface area contributed by atoms with Gasteiger partial charge in [-0.3, -0.25) is 0 Å². The number of allylic oxidation sites excluding steroid dienone is 3. The monoisotopic (exact) mass is 362 g/mol. The first kappa shape index (κ1) is 25.5. The predicted molar refractivity (Wildman–Crippen MR) is 121 cm³/mol. The molecule has 0 bridgehead atoms. The summed E-state index contributed by atoms with van der Waals surface area (Å²) in [6, 6.07) is 0. The van der Waals surface area contributed by atoms with Gasteiger partial charge in [0.15, 0.2) is 0 Å². The van der Waals surface area contributed by atoms with Gasteiger partial charge in [0.05, 0.1) is 0 Å². The molecule has 26 heavy (non-hydrogen) atoms. The lowest BCUT2D eigenvalue weighted by molar-refractivity contribution is 0.209. The molecular weight excluding hydrogens is 312 g/mol. The summed E-state index contributed by atoms with van der Waals surface area (Å²) in [4.78, 5) is 0. The summed E-state index contributed by atoms with van der Waals surface area (Å²) in [5.74, 6) is 4.63. The van der Waals surface area contributed by atoms with Gasteiger partial charge in [0.25, 0.3) is 0 Å². The van der Waals surface area contributed by atoms with Crippen LogP contribution in [0.25, 0.3) is 0 Å². The van der Waals surface area contributed by atoms with Crippen LogP contribution in [-0.4, -0.2) is 0 Å². The Bertz CT molecular complexity index is 414. The standard InChI is InChI=1S/C26H50/c1-12-15-16-25(20(7)14-3)17-26(21(8)18(4)5)24(11)23(10)22(9)19(6)13-2/h17-21,23-24,26H,9,12-16H2,1-8,10-11H3. The summed E-state index contributed by atoms with van der Waals surface area (Å²) >= 11 is 0. The van der Waals surface area contributed by atoms with E-state index >= 15 is 0 Å². The third-order valence-electron chi connectivity index (χ3n) is 7.36. The Morgan fingerprint density at radius 1 is 0.808 bits per heavy atom. The second-order valence-electron chi connectivity index (χ2n) is 9.37. The molecule has 0 amide bonds. The van der Waals surface area contributed by atoms with Gasteiger partial charge in [-0.05, 0) is 67.1 Å². The molecule has 0 spiro atoms. The van der Waals surface area contributed by atoms with E-state index in [1.807, 2.05) is 0 Å². The summed E-state index contributed by atoms with van der Waals surface area (Å²) in [6.45, 7) is 28.3. The molecule has 0 nitrogen and oxygen atoms in total. The molecule has 6 unspecified atom stereocenters. The van der Waals surface area contributed by atoms with Gasteiger partial charge in [0.1, 0.15) is 0 Å². The molecular formula is C26H50. The maximum absolute atomic E-state index is 4.49. The number of hydrogen-bond donors (Lipinski definition) is 0. The van der Waals surface area contributed by atoms with Crippen molar-refractivity contribution in [3.8, 4) is 0 Å². The first-order valence-electron chi connectivity index (χ1n) is 11.5. The van der Waals surface area contributed by atoms with E-state index in [2.05, 4.69) is 81.9 Å². The van der Waals surface area contributed by atoms with Gasteiger partial charge < -0.3 is 0 Å². The molecule has 0 saturated heterocycles. The van der Waals surface area contributed by atoms with E-state index in [1.54, 1.807) is 5.57 Å². The minimum Gasteiger partial charge on any atom is -0.0993 e. The highest BCUT2D eigenvalue weighted by Gasteiger charge is 2.30. The van der Waals surface area contributed by atoms with Crippen LogP contribution in [0.4, 0.5) is 0 Å². The molecule has 0 radical (unpaired) electrons. The van der Waals surface area contributed by atoms with Crippen LogP contribution >= 0.6 is 0 Å². The molecule has 0 aliphatic heterocycles. The second kappa shape index (κ2) is 12.8. The van der Waals surface area contributed by atoms with Crippen LogP contribution in [0.1, 0.15) is 101 Å². The Kier molecular flexibility index (Phi) is 12.5. The van der Waals surface area contributed by atoms with Crippen LogP contribution in [0.5, 0.6) is 0 Å². The average molecular weight is 363 g/mol. The van der Waals surface area contributed by atoms with E-state index in [0.717, 1.165) is 0 Å². The fourth-order valence-corrected chi connectivity index (χ4v) is 3.99. The van der Waals surface area contributed by atoms with Gasteiger partial charge in [-0.2, -0.15) is 0 Å². The normalized spacial score (nSPS) is 19.7. The molecule has 0 N–H and O–H groups in total. The van der Waals surface area contributed by atoms with Gasteiger partial charge in [0.2, 0.25) is 0 Å². The van der Waals surface area contributed by atoms with Crippen LogP contribution in [0.2, 0.25) is 0 Å². The Balaban J connectivity index is 5.74. The van der Waals surface area contributed by atoms with Crippen molar-refractivity contribution in [1.29, 1.82) is 0 Å². The zero-order valence-electron chi connectivity index (χ0n) is 19.9. The van der Waals surface area contributed by atoms with Crippen molar-refractivity contribution in [2.45, 2.75) is 101 Å². The maximum atomic E-state index is 4.49. The van der Waals surface area contributed by atoms with Crippen LogP contribution < -0.4 is 0 Å².